The Morgan fingerprint density at radius 2 is 1.83 bits per heavy atom. The van der Waals surface area contributed by atoms with Crippen molar-refractivity contribution in [2.24, 2.45) is 11.7 Å². The Kier molecular flexibility index (Phi) is 6.73. The number of hydrogen-bond acceptors (Lipinski definition) is 2. The molecule has 0 bridgehead atoms. The van der Waals surface area contributed by atoms with E-state index in [-0.39, 0.29) is 5.82 Å². The Morgan fingerprint density at radius 1 is 1.17 bits per heavy atom. The summed E-state index contributed by atoms with van der Waals surface area (Å²) in [5.74, 6) is 0.557. The molecule has 0 aliphatic carbocycles. The third-order valence-electron chi connectivity index (χ3n) is 3.03. The number of hydrogen-bond donors (Lipinski definition) is 1. The van der Waals surface area contributed by atoms with E-state index < -0.39 is 0 Å². The largest absolute Gasteiger partial charge is 0.369 e. The van der Waals surface area contributed by atoms with Crippen molar-refractivity contribution in [3.63, 3.8) is 0 Å². The van der Waals surface area contributed by atoms with E-state index in [1.54, 1.807) is 6.07 Å². The lowest BCUT2D eigenvalue weighted by Gasteiger charge is -2.25. The molecule has 0 unspecified atom stereocenters. The Morgan fingerprint density at radius 3 is 2.44 bits per heavy atom. The van der Waals surface area contributed by atoms with Gasteiger partial charge in [0.25, 0.3) is 0 Å². The molecule has 0 atom stereocenters. The minimum absolute atomic E-state index is 0.140. The molecule has 18 heavy (non-hydrogen) atoms. The van der Waals surface area contributed by atoms with Gasteiger partial charge in [0.1, 0.15) is 5.82 Å². The molecule has 102 valence electrons. The molecule has 1 aromatic carbocycles. The SMILES string of the molecule is CC(C)CCCN(CCCN)c1ccccc1F. The smallest absolute Gasteiger partial charge is 0.146 e. The lowest BCUT2D eigenvalue weighted by atomic mass is 10.1. The fourth-order valence-corrected chi connectivity index (χ4v) is 2.03. The molecule has 0 aliphatic rings. The van der Waals surface area contributed by atoms with Crippen LogP contribution in [0.5, 0.6) is 0 Å². The van der Waals surface area contributed by atoms with Gasteiger partial charge < -0.3 is 10.6 Å². The molecule has 0 saturated carbocycles. The zero-order valence-corrected chi connectivity index (χ0v) is 11.5. The van der Waals surface area contributed by atoms with E-state index in [2.05, 4.69) is 18.7 Å². The fourth-order valence-electron chi connectivity index (χ4n) is 2.03. The van der Waals surface area contributed by atoms with E-state index in [1.165, 1.54) is 12.5 Å². The van der Waals surface area contributed by atoms with Crippen molar-refractivity contribution in [2.75, 3.05) is 24.5 Å². The molecule has 0 amide bonds. The van der Waals surface area contributed by atoms with Crippen molar-refractivity contribution >= 4 is 5.69 Å². The predicted molar refractivity (Wildman–Crippen MR) is 76.4 cm³/mol. The first-order valence-corrected chi connectivity index (χ1v) is 6.84. The fraction of sp³-hybridized carbons (Fsp3) is 0.600. The lowest BCUT2D eigenvalue weighted by molar-refractivity contribution is 0.542. The minimum Gasteiger partial charge on any atom is -0.369 e. The minimum atomic E-state index is -0.140. The topological polar surface area (TPSA) is 29.3 Å². The highest BCUT2D eigenvalue weighted by molar-refractivity contribution is 5.47. The van der Waals surface area contributed by atoms with Crippen LogP contribution in [0.1, 0.15) is 33.1 Å². The van der Waals surface area contributed by atoms with Crippen LogP contribution in [0.25, 0.3) is 0 Å². The average molecular weight is 252 g/mol. The van der Waals surface area contributed by atoms with Crippen LogP contribution in [-0.2, 0) is 0 Å². The van der Waals surface area contributed by atoms with Crippen LogP contribution in [0.3, 0.4) is 0 Å². The summed E-state index contributed by atoms with van der Waals surface area (Å²) in [6, 6.07) is 6.98. The highest BCUT2D eigenvalue weighted by atomic mass is 19.1. The van der Waals surface area contributed by atoms with Gasteiger partial charge in [0.2, 0.25) is 0 Å². The number of benzene rings is 1. The summed E-state index contributed by atoms with van der Waals surface area (Å²) in [5, 5.41) is 0. The van der Waals surface area contributed by atoms with Gasteiger partial charge >= 0.3 is 0 Å². The van der Waals surface area contributed by atoms with Crippen LogP contribution in [0.4, 0.5) is 10.1 Å². The highest BCUT2D eigenvalue weighted by Crippen LogP contribution is 2.20. The number of nitrogens with two attached hydrogens (primary N) is 1. The van der Waals surface area contributed by atoms with Gasteiger partial charge in [0.15, 0.2) is 0 Å². The number of para-hydroxylation sites is 1. The molecular formula is C15H25FN2. The molecule has 2 N–H and O–H groups in total. The summed E-state index contributed by atoms with van der Waals surface area (Å²) in [6.07, 6.45) is 3.17. The van der Waals surface area contributed by atoms with E-state index in [9.17, 15) is 4.39 Å². The third kappa shape index (κ3) is 5.05. The van der Waals surface area contributed by atoms with Gasteiger partial charge in [0, 0.05) is 13.1 Å². The first-order chi connectivity index (χ1) is 8.65. The second-order valence-electron chi connectivity index (χ2n) is 5.12. The summed E-state index contributed by atoms with van der Waals surface area (Å²) in [5.41, 5.74) is 6.25. The number of rotatable bonds is 8. The molecule has 0 spiro atoms. The molecule has 0 saturated heterocycles. The van der Waals surface area contributed by atoms with E-state index in [1.807, 2.05) is 12.1 Å². The predicted octanol–water partition coefficient (Wildman–Crippen LogP) is 3.42. The zero-order chi connectivity index (χ0) is 13.4. The Hall–Kier alpha value is -1.09. The Labute approximate surface area is 110 Å². The average Bonchev–Trinajstić information content (AvgIpc) is 2.34. The van der Waals surface area contributed by atoms with Gasteiger partial charge in [-0.3, -0.25) is 0 Å². The van der Waals surface area contributed by atoms with E-state index in [0.29, 0.717) is 18.2 Å². The second-order valence-corrected chi connectivity index (χ2v) is 5.12. The number of halogens is 1. The van der Waals surface area contributed by atoms with Crippen molar-refractivity contribution < 1.29 is 4.39 Å². The van der Waals surface area contributed by atoms with E-state index in [4.69, 9.17) is 5.73 Å². The maximum Gasteiger partial charge on any atom is 0.146 e. The standard InChI is InChI=1S/C15H25FN2/c1-13(2)7-5-11-18(12-6-10-17)15-9-4-3-8-14(15)16/h3-4,8-9,13H,5-7,10-12,17H2,1-2H3. The molecule has 0 radical (unpaired) electrons. The Bertz CT molecular complexity index is 339. The van der Waals surface area contributed by atoms with Crippen LogP contribution in [-0.4, -0.2) is 19.6 Å². The van der Waals surface area contributed by atoms with E-state index in [0.717, 1.165) is 25.9 Å². The molecular weight excluding hydrogens is 227 g/mol. The van der Waals surface area contributed by atoms with Crippen molar-refractivity contribution in [3.05, 3.63) is 30.1 Å². The summed E-state index contributed by atoms with van der Waals surface area (Å²) in [4.78, 5) is 2.12. The van der Waals surface area contributed by atoms with Crippen LogP contribution in [0.15, 0.2) is 24.3 Å². The molecule has 2 nitrogen and oxygen atoms in total. The summed E-state index contributed by atoms with van der Waals surface area (Å²) < 4.78 is 13.8. The van der Waals surface area contributed by atoms with Crippen LogP contribution >= 0.6 is 0 Å². The second kappa shape index (κ2) is 8.09. The van der Waals surface area contributed by atoms with Gasteiger partial charge in [-0.25, -0.2) is 4.39 Å². The van der Waals surface area contributed by atoms with E-state index >= 15 is 0 Å². The van der Waals surface area contributed by atoms with Gasteiger partial charge in [-0.05, 0) is 43.9 Å². The van der Waals surface area contributed by atoms with Gasteiger partial charge in [0.05, 0.1) is 5.69 Å². The molecule has 1 aromatic rings. The highest BCUT2D eigenvalue weighted by Gasteiger charge is 2.10. The summed E-state index contributed by atoms with van der Waals surface area (Å²) in [7, 11) is 0. The van der Waals surface area contributed by atoms with Gasteiger partial charge in [-0.2, -0.15) is 0 Å². The first kappa shape index (κ1) is 15.0. The van der Waals surface area contributed by atoms with Crippen LogP contribution < -0.4 is 10.6 Å². The number of anilines is 1. The maximum atomic E-state index is 13.8. The van der Waals surface area contributed by atoms with Crippen LogP contribution in [0, 0.1) is 11.7 Å². The number of nitrogens with zero attached hydrogens (tertiary/aromatic N) is 1. The van der Waals surface area contributed by atoms with Gasteiger partial charge in [-0.15, -0.1) is 0 Å². The van der Waals surface area contributed by atoms with Crippen molar-refractivity contribution in [2.45, 2.75) is 33.1 Å². The van der Waals surface area contributed by atoms with Crippen LogP contribution in [0.2, 0.25) is 0 Å². The van der Waals surface area contributed by atoms with Gasteiger partial charge in [-0.1, -0.05) is 26.0 Å². The maximum absolute atomic E-state index is 13.8. The first-order valence-electron chi connectivity index (χ1n) is 6.84. The molecule has 0 heterocycles. The van der Waals surface area contributed by atoms with Crippen molar-refractivity contribution in [1.29, 1.82) is 0 Å². The summed E-state index contributed by atoms with van der Waals surface area (Å²) >= 11 is 0. The molecule has 0 aromatic heterocycles. The quantitative estimate of drug-likeness (QED) is 0.768. The lowest BCUT2D eigenvalue weighted by Crippen LogP contribution is -2.28. The molecule has 3 heteroatoms. The Balaban J connectivity index is 2.62. The van der Waals surface area contributed by atoms with Crippen molar-refractivity contribution in [1.82, 2.24) is 0 Å². The summed E-state index contributed by atoms with van der Waals surface area (Å²) in [6.45, 7) is 6.81. The molecule has 0 fully saturated rings. The third-order valence-corrected chi connectivity index (χ3v) is 3.03. The normalized spacial score (nSPS) is 10.9. The van der Waals surface area contributed by atoms with Crippen molar-refractivity contribution in [3.8, 4) is 0 Å². The molecule has 1 rings (SSSR count). The molecule has 0 aliphatic heterocycles. The monoisotopic (exact) mass is 252 g/mol. The zero-order valence-electron chi connectivity index (χ0n) is 11.5.